The molecule has 1 fully saturated rings. The molecule has 1 saturated carbocycles. The first-order chi connectivity index (χ1) is 7.05. The third-order valence-electron chi connectivity index (χ3n) is 2.48. The minimum atomic E-state index is -3.23. The highest BCUT2D eigenvalue weighted by molar-refractivity contribution is 7.55. The Labute approximate surface area is 90.9 Å². The summed E-state index contributed by atoms with van der Waals surface area (Å²) in [6, 6.07) is 0. The molecule has 0 saturated heterocycles. The number of rotatable bonds is 7. The fourth-order valence-electron chi connectivity index (χ4n) is 1.49. The zero-order valence-corrected chi connectivity index (χ0v) is 10.5. The Morgan fingerprint density at radius 2 is 1.80 bits per heavy atom. The van der Waals surface area contributed by atoms with Crippen LogP contribution in [0, 0.1) is 5.92 Å². The minimum Gasteiger partial charge on any atom is -0.308 e. The summed E-state index contributed by atoms with van der Waals surface area (Å²) in [6.45, 7) is 5.76. The maximum Gasteiger partial charge on any atom is 0.340 e. The van der Waals surface area contributed by atoms with Gasteiger partial charge in [-0.25, -0.2) is 0 Å². The van der Waals surface area contributed by atoms with Crippen LogP contribution in [0.4, 0.5) is 0 Å². The smallest absolute Gasteiger partial charge is 0.308 e. The number of ketones is 1. The van der Waals surface area contributed by atoms with E-state index < -0.39 is 13.3 Å². The molecule has 4 nitrogen and oxygen atoms in total. The summed E-state index contributed by atoms with van der Waals surface area (Å²) < 4.78 is 22.5. The van der Waals surface area contributed by atoms with Gasteiger partial charge < -0.3 is 9.05 Å². The van der Waals surface area contributed by atoms with E-state index in [1.165, 1.54) is 0 Å². The number of hydrogen-bond donors (Lipinski definition) is 0. The van der Waals surface area contributed by atoms with Gasteiger partial charge in [0.25, 0.3) is 0 Å². The van der Waals surface area contributed by atoms with Gasteiger partial charge in [0, 0.05) is 5.92 Å². The Balaban J connectivity index is 2.68. The highest BCUT2D eigenvalue weighted by Crippen LogP contribution is 2.55. The monoisotopic (exact) mass is 234 g/mol. The third kappa shape index (κ3) is 3.13. The van der Waals surface area contributed by atoms with E-state index in [2.05, 4.69) is 0 Å². The van der Waals surface area contributed by atoms with Crippen LogP contribution in [-0.2, 0) is 18.4 Å². The summed E-state index contributed by atoms with van der Waals surface area (Å²) in [6.07, 6.45) is 1.84. The maximum atomic E-state index is 12.2. The lowest BCUT2D eigenvalue weighted by molar-refractivity contribution is -0.119. The van der Waals surface area contributed by atoms with Crippen molar-refractivity contribution in [1.82, 2.24) is 0 Å². The fourth-order valence-corrected chi connectivity index (χ4v) is 3.25. The minimum absolute atomic E-state index is 0.0280. The van der Waals surface area contributed by atoms with Gasteiger partial charge in [0.15, 0.2) is 5.78 Å². The molecule has 0 aromatic carbocycles. The highest BCUT2D eigenvalue weighted by atomic mass is 31.2. The third-order valence-corrected chi connectivity index (χ3v) is 4.92. The molecule has 0 bridgehead atoms. The second-order valence-corrected chi connectivity index (χ2v) is 6.10. The van der Waals surface area contributed by atoms with Crippen LogP contribution in [0.1, 0.15) is 33.6 Å². The molecule has 0 aromatic heterocycles. The second kappa shape index (κ2) is 5.24. The van der Waals surface area contributed by atoms with Crippen molar-refractivity contribution < 1.29 is 18.4 Å². The van der Waals surface area contributed by atoms with Gasteiger partial charge in [0.05, 0.1) is 13.2 Å². The summed E-state index contributed by atoms with van der Waals surface area (Å²) in [5.74, 6) is 0.120. The van der Waals surface area contributed by atoms with Gasteiger partial charge in [-0.2, -0.15) is 0 Å². The average Bonchev–Trinajstić information content (AvgIpc) is 2.99. The van der Waals surface area contributed by atoms with Crippen molar-refractivity contribution in [3.8, 4) is 0 Å². The molecule has 1 unspecified atom stereocenters. The summed E-state index contributed by atoms with van der Waals surface area (Å²) in [5.41, 5.74) is -0.620. The molecule has 1 aliphatic carbocycles. The van der Waals surface area contributed by atoms with Crippen LogP contribution in [0.5, 0.6) is 0 Å². The SMILES string of the molecule is CCOP(=O)(OCC)C(C)C(=O)C1CC1. The van der Waals surface area contributed by atoms with Gasteiger partial charge >= 0.3 is 7.60 Å². The van der Waals surface area contributed by atoms with E-state index in [1.807, 2.05) is 0 Å². The Morgan fingerprint density at radius 1 is 1.33 bits per heavy atom. The Morgan fingerprint density at radius 3 is 2.13 bits per heavy atom. The van der Waals surface area contributed by atoms with E-state index in [9.17, 15) is 9.36 Å². The molecule has 88 valence electrons. The molecule has 1 rings (SSSR count). The van der Waals surface area contributed by atoms with Crippen LogP contribution in [0.15, 0.2) is 0 Å². The molecule has 0 aromatic rings. The van der Waals surface area contributed by atoms with E-state index in [0.29, 0.717) is 13.2 Å². The molecular weight excluding hydrogens is 215 g/mol. The maximum absolute atomic E-state index is 12.2. The highest BCUT2D eigenvalue weighted by Gasteiger charge is 2.43. The first-order valence-corrected chi connectivity index (χ1v) is 7.08. The fraction of sp³-hybridized carbons (Fsp3) is 0.900. The molecule has 15 heavy (non-hydrogen) atoms. The Bertz CT molecular complexity index is 263. The number of carbonyl (C=O) groups excluding carboxylic acids is 1. The predicted octanol–water partition coefficient (Wildman–Crippen LogP) is 2.62. The van der Waals surface area contributed by atoms with Gasteiger partial charge in [0.1, 0.15) is 5.66 Å². The Kier molecular flexibility index (Phi) is 4.50. The van der Waals surface area contributed by atoms with E-state index in [1.54, 1.807) is 20.8 Å². The molecule has 0 amide bonds. The zero-order chi connectivity index (χ0) is 11.5. The molecule has 0 spiro atoms. The Hall–Kier alpha value is -0.180. The number of Topliss-reactive ketones (excluding diaryl/α,β-unsaturated/α-hetero) is 1. The number of hydrogen-bond acceptors (Lipinski definition) is 4. The van der Waals surface area contributed by atoms with Crippen molar-refractivity contribution in [2.45, 2.75) is 39.3 Å². The lowest BCUT2D eigenvalue weighted by atomic mass is 10.2. The molecule has 1 aliphatic rings. The lowest BCUT2D eigenvalue weighted by Crippen LogP contribution is -2.21. The van der Waals surface area contributed by atoms with Crippen molar-refractivity contribution in [3.05, 3.63) is 0 Å². The predicted molar refractivity (Wildman–Crippen MR) is 58.1 cm³/mol. The van der Waals surface area contributed by atoms with Crippen molar-refractivity contribution in [3.63, 3.8) is 0 Å². The van der Waals surface area contributed by atoms with Gasteiger partial charge in [-0.1, -0.05) is 0 Å². The summed E-state index contributed by atoms with van der Waals surface area (Å²) in [7, 11) is -3.23. The first kappa shape index (κ1) is 12.9. The van der Waals surface area contributed by atoms with Gasteiger partial charge in [-0.05, 0) is 33.6 Å². The largest absolute Gasteiger partial charge is 0.340 e. The van der Waals surface area contributed by atoms with Crippen LogP contribution in [-0.4, -0.2) is 24.7 Å². The standard InChI is InChI=1S/C10H19O4P/c1-4-13-15(12,14-5-2)8(3)10(11)9-6-7-9/h8-9H,4-7H2,1-3H3. The average molecular weight is 234 g/mol. The molecule has 0 N–H and O–H groups in total. The second-order valence-electron chi connectivity index (χ2n) is 3.73. The molecule has 1 atom stereocenters. The lowest BCUT2D eigenvalue weighted by Gasteiger charge is -2.22. The van der Waals surface area contributed by atoms with Crippen LogP contribution in [0.2, 0.25) is 0 Å². The molecule has 5 heteroatoms. The van der Waals surface area contributed by atoms with E-state index in [-0.39, 0.29) is 11.7 Å². The molecule has 0 aliphatic heterocycles. The van der Waals surface area contributed by atoms with Crippen molar-refractivity contribution in [2.75, 3.05) is 13.2 Å². The van der Waals surface area contributed by atoms with Crippen LogP contribution in [0.3, 0.4) is 0 Å². The molecule has 0 radical (unpaired) electrons. The van der Waals surface area contributed by atoms with Gasteiger partial charge in [0.2, 0.25) is 0 Å². The van der Waals surface area contributed by atoms with Gasteiger partial charge in [-0.15, -0.1) is 0 Å². The van der Waals surface area contributed by atoms with E-state index >= 15 is 0 Å². The zero-order valence-electron chi connectivity index (χ0n) is 9.56. The van der Waals surface area contributed by atoms with E-state index in [4.69, 9.17) is 9.05 Å². The van der Waals surface area contributed by atoms with Crippen LogP contribution < -0.4 is 0 Å². The summed E-state index contributed by atoms with van der Waals surface area (Å²) in [4.78, 5) is 11.8. The summed E-state index contributed by atoms with van der Waals surface area (Å²) in [5, 5.41) is 0. The molecule has 0 heterocycles. The van der Waals surface area contributed by atoms with Crippen LogP contribution >= 0.6 is 7.60 Å². The summed E-state index contributed by atoms with van der Waals surface area (Å²) >= 11 is 0. The number of carbonyl (C=O) groups is 1. The van der Waals surface area contributed by atoms with Crippen molar-refractivity contribution in [1.29, 1.82) is 0 Å². The normalized spacial score (nSPS) is 18.9. The molecular formula is C10H19O4P. The van der Waals surface area contributed by atoms with E-state index in [0.717, 1.165) is 12.8 Å². The van der Waals surface area contributed by atoms with Crippen LogP contribution in [0.25, 0.3) is 0 Å². The first-order valence-electron chi connectivity index (χ1n) is 5.47. The van der Waals surface area contributed by atoms with Gasteiger partial charge in [-0.3, -0.25) is 9.36 Å². The quantitative estimate of drug-likeness (QED) is 0.635. The van der Waals surface area contributed by atoms with Crippen molar-refractivity contribution >= 4 is 13.4 Å². The topological polar surface area (TPSA) is 52.6 Å². The van der Waals surface area contributed by atoms with Crippen molar-refractivity contribution in [2.24, 2.45) is 5.92 Å².